The van der Waals surface area contributed by atoms with Gasteiger partial charge in [0, 0.05) is 32.1 Å². The number of sulfonamides is 1. The third-order valence-electron chi connectivity index (χ3n) is 10.9. The Hall–Kier alpha value is -0.570. The Labute approximate surface area is 204 Å². The number of hydrogen-bond acceptors (Lipinski definition) is 5. The zero-order valence-electron chi connectivity index (χ0n) is 20.9. The van der Waals surface area contributed by atoms with Crippen LogP contribution in [0.5, 0.6) is 0 Å². The fraction of sp³-hybridized carbons (Fsp3) is 0.962. The number of aliphatic hydroxyl groups is 1. The molecule has 0 radical (unpaired) electrons. The van der Waals surface area contributed by atoms with Crippen LogP contribution in [-0.4, -0.2) is 79.8 Å². The van der Waals surface area contributed by atoms with E-state index in [0.29, 0.717) is 80.9 Å². The van der Waals surface area contributed by atoms with Gasteiger partial charge in [0.25, 0.3) is 0 Å². The summed E-state index contributed by atoms with van der Waals surface area (Å²) in [6, 6.07) is 0. The van der Waals surface area contributed by atoms with Gasteiger partial charge in [-0.1, -0.05) is 6.92 Å². The zero-order valence-corrected chi connectivity index (χ0v) is 21.7. The number of carbonyl (C=O) groups excluding carboxylic acids is 1. The number of nitrogens with zero attached hydrogens (tertiary/aromatic N) is 2. The number of Topliss-reactive ketones (excluding diaryl/α,β-unsaturated/α-hetero) is 1. The molecule has 1 heterocycles. The normalized spacial score (nSPS) is 45.9. The van der Waals surface area contributed by atoms with E-state index in [1.54, 1.807) is 0 Å². The van der Waals surface area contributed by atoms with E-state index >= 15 is 0 Å². The molecule has 5 aliphatic rings. The molecular weight excluding hydrogens is 455 g/mol. The standard InChI is InChI=1S/C26H43FN2O4S/c1-25-9-7-20-19-8-10-26(31,17-27)15-18(19)3-4-21(20)22(25)5-6-23(25)24(30)16-28-11-13-29(14-12-28)34(2,32)33/h18-23,31H,3-17H2,1-2H3/t18-,19-,20+,21+,22-,23+,25-,26+/m0/s1. The Bertz CT molecular complexity index is 891. The number of ketones is 1. The Morgan fingerprint density at radius 2 is 1.68 bits per heavy atom. The van der Waals surface area contributed by atoms with Gasteiger partial charge < -0.3 is 5.11 Å². The molecule has 4 aliphatic carbocycles. The van der Waals surface area contributed by atoms with Crippen molar-refractivity contribution in [3.05, 3.63) is 0 Å². The molecule has 0 aromatic heterocycles. The van der Waals surface area contributed by atoms with Gasteiger partial charge in [-0.05, 0) is 92.8 Å². The summed E-state index contributed by atoms with van der Waals surface area (Å²) < 4.78 is 38.5. The molecule has 4 saturated carbocycles. The van der Waals surface area contributed by atoms with E-state index in [1.165, 1.54) is 23.4 Å². The maximum Gasteiger partial charge on any atom is 0.211 e. The molecule has 0 unspecified atom stereocenters. The van der Waals surface area contributed by atoms with Gasteiger partial charge in [-0.25, -0.2) is 12.8 Å². The lowest BCUT2D eigenvalue weighted by Gasteiger charge is -2.57. The van der Waals surface area contributed by atoms with E-state index in [9.17, 15) is 22.7 Å². The fourth-order valence-corrected chi connectivity index (χ4v) is 9.99. The van der Waals surface area contributed by atoms with Crippen molar-refractivity contribution in [2.24, 2.45) is 40.9 Å². The van der Waals surface area contributed by atoms with Crippen LogP contribution < -0.4 is 0 Å². The molecule has 34 heavy (non-hydrogen) atoms. The van der Waals surface area contributed by atoms with Crippen LogP contribution in [0, 0.1) is 40.9 Å². The maximum atomic E-state index is 13.5. The second-order valence-corrected chi connectivity index (χ2v) is 14.6. The van der Waals surface area contributed by atoms with Gasteiger partial charge in [-0.3, -0.25) is 9.69 Å². The first kappa shape index (κ1) is 25.1. The minimum Gasteiger partial charge on any atom is -0.387 e. The van der Waals surface area contributed by atoms with Crippen LogP contribution in [0.2, 0.25) is 0 Å². The summed E-state index contributed by atoms with van der Waals surface area (Å²) in [5.41, 5.74) is -1.01. The van der Waals surface area contributed by atoms with E-state index in [1.807, 2.05) is 0 Å². The molecule has 0 bridgehead atoms. The number of fused-ring (bicyclic) bond motifs is 5. The predicted molar refractivity (Wildman–Crippen MR) is 129 cm³/mol. The molecule has 6 nitrogen and oxygen atoms in total. The van der Waals surface area contributed by atoms with Crippen LogP contribution in [0.4, 0.5) is 4.39 Å². The van der Waals surface area contributed by atoms with Crippen LogP contribution >= 0.6 is 0 Å². The summed E-state index contributed by atoms with van der Waals surface area (Å²) in [6.07, 6.45) is 10.1. The summed E-state index contributed by atoms with van der Waals surface area (Å²) in [5.74, 6) is 3.51. The van der Waals surface area contributed by atoms with Crippen molar-refractivity contribution in [2.45, 2.75) is 70.3 Å². The third-order valence-corrected chi connectivity index (χ3v) is 12.2. The van der Waals surface area contributed by atoms with Crippen LogP contribution in [0.1, 0.15) is 64.7 Å². The van der Waals surface area contributed by atoms with Crippen molar-refractivity contribution in [1.82, 2.24) is 9.21 Å². The average Bonchev–Trinajstić information content (AvgIpc) is 3.16. The van der Waals surface area contributed by atoms with Crippen LogP contribution in [-0.2, 0) is 14.8 Å². The number of halogens is 1. The van der Waals surface area contributed by atoms with E-state index in [0.717, 1.165) is 32.1 Å². The lowest BCUT2D eigenvalue weighted by atomic mass is 9.49. The summed E-state index contributed by atoms with van der Waals surface area (Å²) in [6.45, 7) is 4.42. The highest BCUT2D eigenvalue weighted by Crippen LogP contribution is 2.64. The van der Waals surface area contributed by atoms with Crippen LogP contribution in [0.25, 0.3) is 0 Å². The summed E-state index contributed by atoms with van der Waals surface area (Å²) >= 11 is 0. The molecule has 0 spiro atoms. The van der Waals surface area contributed by atoms with E-state index in [4.69, 9.17) is 0 Å². The zero-order chi connectivity index (χ0) is 24.3. The number of hydrogen-bond donors (Lipinski definition) is 1. The highest BCUT2D eigenvalue weighted by atomic mass is 32.2. The molecule has 5 fully saturated rings. The molecular formula is C26H43FN2O4S. The van der Waals surface area contributed by atoms with Gasteiger partial charge in [-0.2, -0.15) is 4.31 Å². The molecule has 0 aromatic carbocycles. The SMILES string of the molecule is C[C@]12CC[C@H]3[C@@H](CC[C@H]4C[C@@](O)(CF)CC[C@@H]43)[C@@H]1CC[C@@H]2C(=O)CN1CCN(S(C)(=O)=O)CC1. The first-order valence-corrected chi connectivity index (χ1v) is 15.4. The van der Waals surface area contributed by atoms with Gasteiger partial charge in [-0.15, -0.1) is 0 Å². The van der Waals surface area contributed by atoms with E-state index in [2.05, 4.69) is 11.8 Å². The molecule has 0 amide bonds. The van der Waals surface area contributed by atoms with Gasteiger partial charge >= 0.3 is 0 Å². The first-order chi connectivity index (χ1) is 16.0. The predicted octanol–water partition coefficient (Wildman–Crippen LogP) is 3.10. The summed E-state index contributed by atoms with van der Waals surface area (Å²) in [4.78, 5) is 15.7. The van der Waals surface area contributed by atoms with E-state index in [-0.39, 0.29) is 11.3 Å². The average molecular weight is 499 g/mol. The molecule has 1 saturated heterocycles. The minimum absolute atomic E-state index is 0.0774. The molecule has 194 valence electrons. The fourth-order valence-electron chi connectivity index (χ4n) is 9.16. The highest BCUT2D eigenvalue weighted by molar-refractivity contribution is 7.88. The highest BCUT2D eigenvalue weighted by Gasteiger charge is 2.59. The summed E-state index contributed by atoms with van der Waals surface area (Å²) in [7, 11) is -3.16. The Morgan fingerprint density at radius 1 is 0.971 bits per heavy atom. The molecule has 0 aromatic rings. The summed E-state index contributed by atoms with van der Waals surface area (Å²) in [5, 5.41) is 10.5. The van der Waals surface area contributed by atoms with Crippen molar-refractivity contribution in [3.8, 4) is 0 Å². The van der Waals surface area contributed by atoms with Crippen LogP contribution in [0.15, 0.2) is 0 Å². The molecule has 1 N–H and O–H groups in total. The van der Waals surface area contributed by atoms with Gasteiger partial charge in [0.2, 0.25) is 10.0 Å². The quantitative estimate of drug-likeness (QED) is 0.630. The lowest BCUT2D eigenvalue weighted by molar-refractivity contribution is -0.134. The Kier molecular flexibility index (Phi) is 6.69. The van der Waals surface area contributed by atoms with Crippen LogP contribution in [0.3, 0.4) is 0 Å². The third kappa shape index (κ3) is 4.39. The van der Waals surface area contributed by atoms with E-state index < -0.39 is 22.3 Å². The van der Waals surface area contributed by atoms with Gasteiger partial charge in [0.15, 0.2) is 0 Å². The first-order valence-electron chi connectivity index (χ1n) is 13.5. The topological polar surface area (TPSA) is 77.9 Å². The van der Waals surface area contributed by atoms with Crippen molar-refractivity contribution >= 4 is 15.8 Å². The van der Waals surface area contributed by atoms with Crippen molar-refractivity contribution in [2.75, 3.05) is 45.7 Å². The van der Waals surface area contributed by atoms with Crippen molar-refractivity contribution in [1.29, 1.82) is 0 Å². The smallest absolute Gasteiger partial charge is 0.211 e. The molecule has 5 rings (SSSR count). The lowest BCUT2D eigenvalue weighted by Crippen LogP contribution is -2.53. The second-order valence-electron chi connectivity index (χ2n) is 12.6. The Morgan fingerprint density at radius 3 is 2.35 bits per heavy atom. The van der Waals surface area contributed by atoms with Crippen molar-refractivity contribution in [3.63, 3.8) is 0 Å². The number of rotatable bonds is 5. The maximum absolute atomic E-state index is 13.5. The Balaban J connectivity index is 1.21. The molecule has 8 heteroatoms. The number of alkyl halides is 1. The largest absolute Gasteiger partial charge is 0.387 e. The monoisotopic (exact) mass is 498 g/mol. The minimum atomic E-state index is -3.16. The second kappa shape index (κ2) is 9.07. The van der Waals surface area contributed by atoms with Crippen molar-refractivity contribution < 1.29 is 22.7 Å². The molecule has 8 atom stereocenters. The van der Waals surface area contributed by atoms with Gasteiger partial charge in [0.1, 0.15) is 12.5 Å². The number of piperazine rings is 1. The molecule has 1 aliphatic heterocycles. The number of carbonyl (C=O) groups is 1. The van der Waals surface area contributed by atoms with Gasteiger partial charge in [0.05, 0.1) is 18.4 Å².